The van der Waals surface area contributed by atoms with E-state index in [0.29, 0.717) is 6.42 Å². The quantitative estimate of drug-likeness (QED) is 0.523. The molecule has 1 aromatic carbocycles. The van der Waals surface area contributed by atoms with E-state index in [1.54, 1.807) is 0 Å². The van der Waals surface area contributed by atoms with Crippen LogP contribution in [0.2, 0.25) is 0 Å². The smallest absolute Gasteiger partial charge is 0.305 e. The Morgan fingerprint density at radius 3 is 2.62 bits per heavy atom. The molecule has 0 aliphatic carbocycles. The van der Waals surface area contributed by atoms with Gasteiger partial charge in [-0.15, -0.1) is 0 Å². The number of methoxy groups -OCH3 is 1. The maximum Gasteiger partial charge on any atom is 0.305 e. The Morgan fingerprint density at radius 1 is 1.31 bits per heavy atom. The van der Waals surface area contributed by atoms with Crippen molar-refractivity contribution in [1.29, 1.82) is 0 Å². The first-order valence-corrected chi connectivity index (χ1v) is 4.43. The van der Waals surface area contributed by atoms with Crippen LogP contribution >= 0.6 is 0 Å². The molecule has 2 nitrogen and oxygen atoms in total. The van der Waals surface area contributed by atoms with Crippen molar-refractivity contribution >= 4 is 5.97 Å². The molecule has 0 aliphatic rings. The predicted molar refractivity (Wildman–Crippen MR) is 51.4 cm³/mol. The molecule has 0 fully saturated rings. The van der Waals surface area contributed by atoms with Gasteiger partial charge in [-0.3, -0.25) is 4.79 Å². The van der Waals surface area contributed by atoms with Crippen LogP contribution in [0.4, 0.5) is 0 Å². The van der Waals surface area contributed by atoms with E-state index in [-0.39, 0.29) is 5.97 Å². The molecule has 70 valence electrons. The van der Waals surface area contributed by atoms with Crippen LogP contribution in [-0.2, 0) is 16.0 Å². The highest BCUT2D eigenvalue weighted by Crippen LogP contribution is 2.04. The summed E-state index contributed by atoms with van der Waals surface area (Å²) in [6.45, 7) is 0. The van der Waals surface area contributed by atoms with Gasteiger partial charge in [-0.1, -0.05) is 30.3 Å². The van der Waals surface area contributed by atoms with E-state index in [1.165, 1.54) is 12.7 Å². The molecule has 0 saturated heterocycles. The number of rotatable bonds is 4. The summed E-state index contributed by atoms with van der Waals surface area (Å²) in [6.07, 6.45) is 2.30. The minimum Gasteiger partial charge on any atom is -0.469 e. The fraction of sp³-hybridized carbons (Fsp3) is 0.364. The first kappa shape index (κ1) is 9.78. The van der Waals surface area contributed by atoms with Gasteiger partial charge in [0.2, 0.25) is 0 Å². The summed E-state index contributed by atoms with van der Waals surface area (Å²) in [7, 11) is 1.42. The number of carbonyl (C=O) groups is 1. The summed E-state index contributed by atoms with van der Waals surface area (Å²) in [5.41, 5.74) is 1.27. The number of aryl methyl sites for hydroxylation is 1. The molecule has 0 atom stereocenters. The molecule has 0 bridgehead atoms. The molecule has 1 aromatic rings. The first-order chi connectivity index (χ1) is 6.33. The van der Waals surface area contributed by atoms with Crippen molar-refractivity contribution < 1.29 is 9.53 Å². The standard InChI is InChI=1S/C11H14O2/c1-13-11(12)9-5-8-10-6-3-2-4-7-10/h2-4,6-7H,5,8-9H2,1H3/i11+1. The van der Waals surface area contributed by atoms with Gasteiger partial charge in [-0.25, -0.2) is 0 Å². The third-order valence-corrected chi connectivity index (χ3v) is 1.92. The van der Waals surface area contributed by atoms with E-state index in [4.69, 9.17) is 0 Å². The lowest BCUT2D eigenvalue weighted by molar-refractivity contribution is -0.140. The van der Waals surface area contributed by atoms with Crippen LogP contribution in [-0.4, -0.2) is 13.1 Å². The van der Waals surface area contributed by atoms with Crippen molar-refractivity contribution in [3.63, 3.8) is 0 Å². The number of hydrogen-bond acceptors (Lipinski definition) is 2. The van der Waals surface area contributed by atoms with Crippen molar-refractivity contribution in [2.45, 2.75) is 19.3 Å². The lowest BCUT2D eigenvalue weighted by Gasteiger charge is -1.99. The Kier molecular flexibility index (Phi) is 4.03. The van der Waals surface area contributed by atoms with E-state index >= 15 is 0 Å². The van der Waals surface area contributed by atoms with Crippen LogP contribution in [0.25, 0.3) is 0 Å². The molecule has 0 saturated carbocycles. The molecule has 0 aliphatic heterocycles. The van der Waals surface area contributed by atoms with Gasteiger partial charge in [-0.05, 0) is 18.4 Å². The minimum absolute atomic E-state index is 0.129. The summed E-state index contributed by atoms with van der Waals surface area (Å²) >= 11 is 0. The Hall–Kier alpha value is -1.31. The number of hydrogen-bond donors (Lipinski definition) is 0. The summed E-state index contributed by atoms with van der Waals surface area (Å²) in [4.78, 5) is 10.8. The van der Waals surface area contributed by atoms with Crippen LogP contribution in [0.5, 0.6) is 0 Å². The molecule has 1 rings (SSSR count). The van der Waals surface area contributed by atoms with Crippen LogP contribution in [0.15, 0.2) is 30.3 Å². The molecule has 2 heteroatoms. The second kappa shape index (κ2) is 5.36. The summed E-state index contributed by atoms with van der Waals surface area (Å²) in [5, 5.41) is 0. The van der Waals surface area contributed by atoms with Gasteiger partial charge in [0.1, 0.15) is 0 Å². The van der Waals surface area contributed by atoms with E-state index in [9.17, 15) is 4.79 Å². The SMILES string of the molecule is CO[13C](=O)CCCc1ccccc1. The van der Waals surface area contributed by atoms with E-state index in [1.807, 2.05) is 18.2 Å². The lowest BCUT2D eigenvalue weighted by Crippen LogP contribution is -2.00. The Labute approximate surface area is 78.5 Å². The van der Waals surface area contributed by atoms with Crippen LogP contribution in [0, 0.1) is 0 Å². The molecule has 0 spiro atoms. The topological polar surface area (TPSA) is 26.3 Å². The largest absolute Gasteiger partial charge is 0.469 e. The van der Waals surface area contributed by atoms with Gasteiger partial charge in [0, 0.05) is 6.42 Å². The maximum absolute atomic E-state index is 10.8. The fourth-order valence-electron chi connectivity index (χ4n) is 1.18. The molecule has 0 unspecified atom stereocenters. The van der Waals surface area contributed by atoms with Crippen molar-refractivity contribution in [1.82, 2.24) is 0 Å². The van der Waals surface area contributed by atoms with Crippen LogP contribution in [0.1, 0.15) is 18.4 Å². The number of ether oxygens (including phenoxy) is 1. The predicted octanol–water partition coefficient (Wildman–Crippen LogP) is 2.18. The molecule has 0 aromatic heterocycles. The number of esters is 1. The van der Waals surface area contributed by atoms with Crippen molar-refractivity contribution in [3.05, 3.63) is 35.9 Å². The van der Waals surface area contributed by atoms with E-state index in [2.05, 4.69) is 16.9 Å². The van der Waals surface area contributed by atoms with Gasteiger partial charge in [0.25, 0.3) is 0 Å². The molecule has 0 heterocycles. The molecular formula is C11H14O2. The second-order valence-corrected chi connectivity index (χ2v) is 2.92. The van der Waals surface area contributed by atoms with Crippen LogP contribution in [0.3, 0.4) is 0 Å². The first-order valence-electron chi connectivity index (χ1n) is 4.43. The zero-order valence-corrected chi connectivity index (χ0v) is 7.82. The number of benzene rings is 1. The monoisotopic (exact) mass is 179 g/mol. The summed E-state index contributed by atoms with van der Waals surface area (Å²) < 4.78 is 4.55. The summed E-state index contributed by atoms with van der Waals surface area (Å²) in [5.74, 6) is -0.129. The highest BCUT2D eigenvalue weighted by Gasteiger charge is 1.99. The highest BCUT2D eigenvalue weighted by atomic mass is 16.6. The van der Waals surface area contributed by atoms with Gasteiger partial charge in [0.05, 0.1) is 7.11 Å². The van der Waals surface area contributed by atoms with Crippen molar-refractivity contribution in [2.24, 2.45) is 0 Å². The lowest BCUT2D eigenvalue weighted by atomic mass is 10.1. The Balaban J connectivity index is 2.24. The third-order valence-electron chi connectivity index (χ3n) is 1.92. The van der Waals surface area contributed by atoms with Crippen molar-refractivity contribution in [3.8, 4) is 0 Å². The van der Waals surface area contributed by atoms with Gasteiger partial charge < -0.3 is 4.74 Å². The summed E-state index contributed by atoms with van der Waals surface area (Å²) in [6, 6.07) is 10.1. The van der Waals surface area contributed by atoms with Gasteiger partial charge >= 0.3 is 5.97 Å². The Morgan fingerprint density at radius 2 is 2.00 bits per heavy atom. The zero-order chi connectivity index (χ0) is 9.52. The van der Waals surface area contributed by atoms with Crippen LogP contribution < -0.4 is 0 Å². The molecular weight excluding hydrogens is 165 g/mol. The van der Waals surface area contributed by atoms with E-state index < -0.39 is 0 Å². The van der Waals surface area contributed by atoms with E-state index in [0.717, 1.165) is 12.8 Å². The highest BCUT2D eigenvalue weighted by molar-refractivity contribution is 5.69. The Bertz CT molecular complexity index is 254. The van der Waals surface area contributed by atoms with Gasteiger partial charge in [0.15, 0.2) is 0 Å². The normalized spacial score (nSPS) is 9.62. The maximum atomic E-state index is 10.8. The fourth-order valence-corrected chi connectivity index (χ4v) is 1.18. The molecule has 0 radical (unpaired) electrons. The van der Waals surface area contributed by atoms with Crippen molar-refractivity contribution in [2.75, 3.05) is 7.11 Å². The minimum atomic E-state index is -0.129. The van der Waals surface area contributed by atoms with Gasteiger partial charge in [-0.2, -0.15) is 0 Å². The zero-order valence-electron chi connectivity index (χ0n) is 7.82. The third kappa shape index (κ3) is 3.74. The average Bonchev–Trinajstić information content (AvgIpc) is 2.19. The molecule has 0 amide bonds. The molecule has 13 heavy (non-hydrogen) atoms. The molecule has 0 N–H and O–H groups in total. The number of carbonyl (C=O) groups excluding carboxylic acids is 1. The second-order valence-electron chi connectivity index (χ2n) is 2.92. The average molecular weight is 179 g/mol.